The van der Waals surface area contributed by atoms with Crippen LogP contribution in [0.3, 0.4) is 0 Å². The van der Waals surface area contributed by atoms with E-state index in [4.69, 9.17) is 5.11 Å². The number of hydrogen-bond acceptors (Lipinski definition) is 4. The second-order valence-electron chi connectivity index (χ2n) is 4.70. The predicted molar refractivity (Wildman–Crippen MR) is 77.6 cm³/mol. The van der Waals surface area contributed by atoms with Crippen LogP contribution in [-0.2, 0) is 4.79 Å². The fourth-order valence-electron chi connectivity index (χ4n) is 2.03. The van der Waals surface area contributed by atoms with Crippen LogP contribution in [0.4, 0.5) is 18.3 Å². The monoisotopic (exact) mass is 330 g/mol. The molecule has 2 rings (SSSR count). The highest BCUT2D eigenvalue weighted by atomic mass is 32.1. The maximum Gasteiger partial charge on any atom is 0.303 e. The van der Waals surface area contributed by atoms with Crippen LogP contribution in [0.1, 0.15) is 24.1 Å². The molecule has 0 aliphatic carbocycles. The van der Waals surface area contributed by atoms with Gasteiger partial charge in [0.2, 0.25) is 0 Å². The third-order valence-corrected chi connectivity index (χ3v) is 4.39. The first-order chi connectivity index (χ1) is 10.3. The molecule has 0 radical (unpaired) electrons. The molecular formula is C14H13F3N2O2S. The average Bonchev–Trinajstić information content (AvgIpc) is 2.88. The van der Waals surface area contributed by atoms with Crippen LogP contribution in [-0.4, -0.2) is 23.1 Å². The Morgan fingerprint density at radius 2 is 2.05 bits per heavy atom. The number of carbonyl (C=O) groups is 1. The molecule has 1 atom stereocenters. The van der Waals surface area contributed by atoms with Gasteiger partial charge in [-0.25, -0.2) is 18.2 Å². The molecule has 1 aromatic carbocycles. The van der Waals surface area contributed by atoms with Crippen molar-refractivity contribution in [2.24, 2.45) is 0 Å². The first-order valence-corrected chi connectivity index (χ1v) is 7.21. The van der Waals surface area contributed by atoms with Gasteiger partial charge in [-0.1, -0.05) is 6.92 Å². The molecule has 22 heavy (non-hydrogen) atoms. The third kappa shape index (κ3) is 3.06. The van der Waals surface area contributed by atoms with Gasteiger partial charge in [-0.05, 0) is 12.1 Å². The lowest BCUT2D eigenvalue weighted by atomic mass is 10.0. The minimum absolute atomic E-state index is 0.125. The molecule has 1 heterocycles. The van der Waals surface area contributed by atoms with E-state index < -0.39 is 29.3 Å². The number of thiazole rings is 1. The summed E-state index contributed by atoms with van der Waals surface area (Å²) in [5.41, 5.74) is -0.0663. The van der Waals surface area contributed by atoms with Crippen molar-refractivity contribution in [1.82, 2.24) is 4.98 Å². The molecule has 2 N–H and O–H groups in total. The number of rotatable bonds is 5. The highest BCUT2D eigenvalue weighted by Gasteiger charge is 2.24. The summed E-state index contributed by atoms with van der Waals surface area (Å²) in [5.74, 6) is -5.65. The molecule has 2 aromatic rings. The van der Waals surface area contributed by atoms with Crippen molar-refractivity contribution in [3.63, 3.8) is 0 Å². The summed E-state index contributed by atoms with van der Waals surface area (Å²) in [5, 5.41) is 12.1. The maximum absolute atomic E-state index is 14.0. The van der Waals surface area contributed by atoms with Gasteiger partial charge in [0.1, 0.15) is 0 Å². The zero-order valence-electron chi connectivity index (χ0n) is 11.8. The Balaban J connectivity index is 2.57. The first-order valence-electron chi connectivity index (χ1n) is 6.39. The average molecular weight is 330 g/mol. The Hall–Kier alpha value is -2.09. The Morgan fingerprint density at radius 1 is 1.36 bits per heavy atom. The summed E-state index contributed by atoms with van der Waals surface area (Å²) in [6, 6.07) is 1.91. The Kier molecular flexibility index (Phi) is 4.70. The van der Waals surface area contributed by atoms with Crippen molar-refractivity contribution in [3.05, 3.63) is 34.5 Å². The minimum atomic E-state index is -1.58. The first kappa shape index (κ1) is 16.3. The topological polar surface area (TPSA) is 62.2 Å². The van der Waals surface area contributed by atoms with Crippen molar-refractivity contribution in [2.75, 3.05) is 12.4 Å². The van der Waals surface area contributed by atoms with E-state index in [9.17, 15) is 18.0 Å². The van der Waals surface area contributed by atoms with Gasteiger partial charge in [-0.3, -0.25) is 4.79 Å². The van der Waals surface area contributed by atoms with E-state index in [1.54, 1.807) is 14.0 Å². The van der Waals surface area contributed by atoms with E-state index in [1.807, 2.05) is 0 Å². The molecule has 4 nitrogen and oxygen atoms in total. The molecule has 118 valence electrons. The van der Waals surface area contributed by atoms with Crippen LogP contribution in [0, 0.1) is 17.5 Å². The SMILES string of the molecule is CNc1nc(-c2ccc(F)c(F)c2F)c(C(C)CC(=O)O)s1. The number of aliphatic carboxylic acids is 1. The fourth-order valence-corrected chi connectivity index (χ4v) is 3.01. The van der Waals surface area contributed by atoms with Crippen LogP contribution in [0.15, 0.2) is 12.1 Å². The van der Waals surface area contributed by atoms with Gasteiger partial charge in [-0.2, -0.15) is 0 Å². The van der Waals surface area contributed by atoms with Gasteiger partial charge in [0.25, 0.3) is 0 Å². The van der Waals surface area contributed by atoms with Crippen LogP contribution in [0.25, 0.3) is 11.3 Å². The van der Waals surface area contributed by atoms with Crippen LogP contribution in [0.2, 0.25) is 0 Å². The fraction of sp³-hybridized carbons (Fsp3) is 0.286. The summed E-state index contributed by atoms with van der Waals surface area (Å²) in [6.45, 7) is 1.66. The lowest BCUT2D eigenvalue weighted by molar-refractivity contribution is -0.137. The van der Waals surface area contributed by atoms with Gasteiger partial charge in [0, 0.05) is 23.4 Å². The van der Waals surface area contributed by atoms with Crippen LogP contribution < -0.4 is 5.32 Å². The molecule has 0 amide bonds. The Labute approximate surface area is 128 Å². The number of nitrogens with one attached hydrogen (secondary N) is 1. The van der Waals surface area contributed by atoms with Crippen LogP contribution >= 0.6 is 11.3 Å². The summed E-state index contributed by atoms with van der Waals surface area (Å²) in [4.78, 5) is 15.5. The third-order valence-electron chi connectivity index (χ3n) is 3.09. The summed E-state index contributed by atoms with van der Waals surface area (Å²) in [6.07, 6.45) is -0.177. The smallest absolute Gasteiger partial charge is 0.303 e. The molecule has 0 saturated heterocycles. The number of hydrogen-bond donors (Lipinski definition) is 2. The molecule has 1 unspecified atom stereocenters. The van der Waals surface area contributed by atoms with Crippen LogP contribution in [0.5, 0.6) is 0 Å². The molecule has 0 saturated carbocycles. The highest BCUT2D eigenvalue weighted by Crippen LogP contribution is 2.39. The largest absolute Gasteiger partial charge is 0.481 e. The Bertz CT molecular complexity index is 718. The lowest BCUT2D eigenvalue weighted by Crippen LogP contribution is -2.03. The molecule has 0 bridgehead atoms. The molecule has 8 heteroatoms. The normalized spacial score (nSPS) is 12.2. The number of aromatic nitrogens is 1. The molecule has 0 aliphatic heterocycles. The highest BCUT2D eigenvalue weighted by molar-refractivity contribution is 7.16. The number of carboxylic acid groups (broad SMARTS) is 1. The second kappa shape index (κ2) is 6.35. The number of halogens is 3. The van der Waals surface area contributed by atoms with Crippen molar-refractivity contribution in [3.8, 4) is 11.3 Å². The quantitative estimate of drug-likeness (QED) is 0.818. The number of benzene rings is 1. The van der Waals surface area contributed by atoms with E-state index in [-0.39, 0.29) is 17.7 Å². The van der Waals surface area contributed by atoms with Crippen molar-refractivity contribution in [2.45, 2.75) is 19.3 Å². The predicted octanol–water partition coefficient (Wildman–Crippen LogP) is 3.85. The zero-order chi connectivity index (χ0) is 16.4. The van der Waals surface area contributed by atoms with E-state index in [1.165, 1.54) is 0 Å². The Morgan fingerprint density at radius 3 is 2.64 bits per heavy atom. The molecule has 0 fully saturated rings. The summed E-state index contributed by atoms with van der Waals surface area (Å²) in [7, 11) is 1.61. The van der Waals surface area contributed by atoms with Crippen molar-refractivity contribution in [1.29, 1.82) is 0 Å². The minimum Gasteiger partial charge on any atom is -0.481 e. The number of carboxylic acids is 1. The molecule has 0 spiro atoms. The summed E-state index contributed by atoms with van der Waals surface area (Å²) < 4.78 is 40.5. The van der Waals surface area contributed by atoms with Gasteiger partial charge in [-0.15, -0.1) is 11.3 Å². The van der Waals surface area contributed by atoms with E-state index in [0.29, 0.717) is 10.0 Å². The van der Waals surface area contributed by atoms with E-state index >= 15 is 0 Å². The van der Waals surface area contributed by atoms with Crippen molar-refractivity contribution < 1.29 is 23.1 Å². The van der Waals surface area contributed by atoms with E-state index in [2.05, 4.69) is 10.3 Å². The lowest BCUT2D eigenvalue weighted by Gasteiger charge is -2.09. The number of nitrogens with zero attached hydrogens (tertiary/aromatic N) is 1. The standard InChI is InChI=1S/C14H13F3N2O2S/c1-6(5-9(20)21)13-12(19-14(18-2)22-13)7-3-4-8(15)11(17)10(7)16/h3-4,6H,5H2,1-2H3,(H,18,19)(H,20,21). The van der Waals surface area contributed by atoms with Crippen molar-refractivity contribution >= 4 is 22.4 Å². The summed E-state index contributed by atoms with van der Waals surface area (Å²) >= 11 is 1.15. The zero-order valence-corrected chi connectivity index (χ0v) is 12.6. The molecule has 1 aromatic heterocycles. The number of anilines is 1. The molecular weight excluding hydrogens is 317 g/mol. The second-order valence-corrected chi connectivity index (χ2v) is 5.73. The van der Waals surface area contributed by atoms with Gasteiger partial charge < -0.3 is 10.4 Å². The van der Waals surface area contributed by atoms with Gasteiger partial charge in [0.05, 0.1) is 12.1 Å². The van der Waals surface area contributed by atoms with E-state index in [0.717, 1.165) is 23.5 Å². The maximum atomic E-state index is 14.0. The van der Waals surface area contributed by atoms with Gasteiger partial charge >= 0.3 is 5.97 Å². The molecule has 0 aliphatic rings. The van der Waals surface area contributed by atoms with Gasteiger partial charge in [0.15, 0.2) is 22.6 Å².